The molecule has 1 amide bonds. The van der Waals surface area contributed by atoms with E-state index in [4.69, 9.17) is 4.74 Å². The van der Waals surface area contributed by atoms with E-state index in [-0.39, 0.29) is 24.5 Å². The van der Waals surface area contributed by atoms with Crippen molar-refractivity contribution in [3.63, 3.8) is 0 Å². The molecule has 3 fully saturated rings. The summed E-state index contributed by atoms with van der Waals surface area (Å²) >= 11 is 1.50. The van der Waals surface area contributed by atoms with Crippen molar-refractivity contribution in [1.82, 2.24) is 10.2 Å². The topological polar surface area (TPSA) is 41.6 Å². The standard InChI is InChI=1S/C23H30F4N2O2S/c1-13-10-22(20-15(2-5-31-22)8-17(32-20)9-19(24)25)3-4-29(13)12-14-6-16(7-14)28-21(30)18-11-23(18,26)27/h8,13-14,16,18-19H,2-7,9-12H2,1H3,(H,28,30)/t13-,14-,16+,18?,22+/m0/s1. The Hall–Kier alpha value is -1.19. The van der Waals surface area contributed by atoms with E-state index in [2.05, 4.69) is 17.1 Å². The minimum Gasteiger partial charge on any atom is -0.369 e. The fraction of sp³-hybridized carbons (Fsp3) is 0.783. The van der Waals surface area contributed by atoms with Crippen molar-refractivity contribution in [3.8, 4) is 0 Å². The Morgan fingerprint density at radius 3 is 2.75 bits per heavy atom. The number of nitrogens with zero attached hydrogens (tertiary/aromatic N) is 1. The third-order valence-corrected chi connectivity index (χ3v) is 9.03. The van der Waals surface area contributed by atoms with Crippen LogP contribution >= 0.6 is 11.3 Å². The molecule has 0 radical (unpaired) electrons. The number of halogens is 4. The molecule has 178 valence electrons. The Morgan fingerprint density at radius 1 is 1.34 bits per heavy atom. The molecule has 0 aromatic carbocycles. The molecule has 0 bridgehead atoms. The average Bonchev–Trinajstić information content (AvgIpc) is 3.12. The molecule has 2 saturated carbocycles. The smallest absolute Gasteiger partial charge is 0.260 e. The maximum Gasteiger partial charge on any atom is 0.260 e. The van der Waals surface area contributed by atoms with Gasteiger partial charge in [-0.1, -0.05) is 0 Å². The number of carbonyl (C=O) groups excluding carboxylic acids is 1. The van der Waals surface area contributed by atoms with Gasteiger partial charge in [0.15, 0.2) is 0 Å². The van der Waals surface area contributed by atoms with Crippen LogP contribution in [0.3, 0.4) is 0 Å². The summed E-state index contributed by atoms with van der Waals surface area (Å²) in [7, 11) is 0. The summed E-state index contributed by atoms with van der Waals surface area (Å²) in [6.45, 7) is 4.63. The molecular formula is C23H30F4N2O2S. The molecule has 2 aliphatic carbocycles. The molecular weight excluding hydrogens is 444 g/mol. The van der Waals surface area contributed by atoms with Crippen molar-refractivity contribution in [3.05, 3.63) is 21.4 Å². The largest absolute Gasteiger partial charge is 0.369 e. The number of thiophene rings is 1. The molecule has 1 N–H and O–H groups in total. The molecule has 1 spiro atoms. The van der Waals surface area contributed by atoms with Gasteiger partial charge in [-0.3, -0.25) is 4.79 Å². The van der Waals surface area contributed by atoms with Crippen molar-refractivity contribution in [1.29, 1.82) is 0 Å². The first-order valence-corrected chi connectivity index (χ1v) is 12.4. The molecule has 2 aliphatic heterocycles. The van der Waals surface area contributed by atoms with Crippen molar-refractivity contribution >= 4 is 17.2 Å². The number of nitrogens with one attached hydrogen (secondary N) is 1. The molecule has 9 heteroatoms. The highest BCUT2D eigenvalue weighted by Gasteiger charge is 2.61. The number of likely N-dealkylation sites (tertiary alicyclic amines) is 1. The van der Waals surface area contributed by atoms with Gasteiger partial charge in [0, 0.05) is 47.8 Å². The van der Waals surface area contributed by atoms with Crippen LogP contribution in [-0.4, -0.2) is 54.9 Å². The van der Waals surface area contributed by atoms with Crippen molar-refractivity contribution in [2.45, 2.75) is 81.9 Å². The highest BCUT2D eigenvalue weighted by Crippen LogP contribution is 2.49. The van der Waals surface area contributed by atoms with Gasteiger partial charge in [0.1, 0.15) is 11.5 Å². The van der Waals surface area contributed by atoms with Crippen LogP contribution in [0.15, 0.2) is 6.07 Å². The van der Waals surface area contributed by atoms with Gasteiger partial charge in [-0.15, -0.1) is 11.3 Å². The third kappa shape index (κ3) is 4.32. The Kier molecular flexibility index (Phi) is 5.82. The number of rotatable bonds is 6. The molecule has 1 aromatic heterocycles. The summed E-state index contributed by atoms with van der Waals surface area (Å²) in [5.41, 5.74) is 0.816. The quantitative estimate of drug-likeness (QED) is 0.623. The van der Waals surface area contributed by atoms with Gasteiger partial charge in [0.2, 0.25) is 12.3 Å². The Bertz CT molecular complexity index is 872. The first-order chi connectivity index (χ1) is 15.1. The molecule has 1 saturated heterocycles. The van der Waals surface area contributed by atoms with Crippen LogP contribution in [0.1, 0.15) is 54.3 Å². The van der Waals surface area contributed by atoms with E-state index in [1.807, 2.05) is 6.07 Å². The molecule has 4 aliphatic rings. The number of piperidine rings is 1. The highest BCUT2D eigenvalue weighted by atomic mass is 32.1. The number of ether oxygens (including phenoxy) is 1. The molecule has 1 aromatic rings. The van der Waals surface area contributed by atoms with E-state index >= 15 is 0 Å². The van der Waals surface area contributed by atoms with Gasteiger partial charge in [0.25, 0.3) is 5.92 Å². The van der Waals surface area contributed by atoms with Gasteiger partial charge in [-0.25, -0.2) is 17.6 Å². The first-order valence-electron chi connectivity index (χ1n) is 11.6. The van der Waals surface area contributed by atoms with E-state index in [0.717, 1.165) is 54.9 Å². The normalized spacial score (nSPS) is 36.1. The van der Waals surface area contributed by atoms with Crippen LogP contribution in [0.4, 0.5) is 17.6 Å². The highest BCUT2D eigenvalue weighted by molar-refractivity contribution is 7.12. The van der Waals surface area contributed by atoms with Crippen LogP contribution in [0.5, 0.6) is 0 Å². The second kappa shape index (κ2) is 8.24. The lowest BCUT2D eigenvalue weighted by atomic mass is 9.77. The van der Waals surface area contributed by atoms with Gasteiger partial charge in [-0.2, -0.15) is 0 Å². The van der Waals surface area contributed by atoms with Crippen LogP contribution in [0.25, 0.3) is 0 Å². The monoisotopic (exact) mass is 474 g/mol. The van der Waals surface area contributed by atoms with E-state index < -0.39 is 24.2 Å². The van der Waals surface area contributed by atoms with Crippen molar-refractivity contribution in [2.24, 2.45) is 11.8 Å². The lowest BCUT2D eigenvalue weighted by Crippen LogP contribution is -2.54. The third-order valence-electron chi connectivity index (χ3n) is 7.65. The lowest BCUT2D eigenvalue weighted by Gasteiger charge is -2.49. The zero-order valence-corrected chi connectivity index (χ0v) is 19.0. The Morgan fingerprint density at radius 2 is 2.09 bits per heavy atom. The van der Waals surface area contributed by atoms with Crippen LogP contribution < -0.4 is 5.32 Å². The van der Waals surface area contributed by atoms with E-state index in [0.29, 0.717) is 18.6 Å². The number of fused-ring (bicyclic) bond motifs is 2. The molecule has 3 heterocycles. The van der Waals surface area contributed by atoms with Crippen LogP contribution in [-0.2, 0) is 28.0 Å². The van der Waals surface area contributed by atoms with E-state index in [1.54, 1.807) is 0 Å². The number of hydrogen-bond donors (Lipinski definition) is 1. The summed E-state index contributed by atoms with van der Waals surface area (Å²) in [6, 6.07) is 2.27. The van der Waals surface area contributed by atoms with Crippen molar-refractivity contribution in [2.75, 3.05) is 19.7 Å². The second-order valence-corrected chi connectivity index (χ2v) is 11.3. The SMILES string of the molecule is C[C@H]1C[C@@]2(CCN1C[C@H]1C[C@@H](NC(=O)C3CC3(F)F)C1)OCCc1cc(CC(F)F)sc12. The molecule has 3 atom stereocenters. The van der Waals surface area contributed by atoms with E-state index in [9.17, 15) is 22.4 Å². The van der Waals surface area contributed by atoms with Gasteiger partial charge >= 0.3 is 0 Å². The average molecular weight is 475 g/mol. The lowest BCUT2D eigenvalue weighted by molar-refractivity contribution is -0.126. The number of hydrogen-bond acceptors (Lipinski definition) is 4. The molecule has 4 nitrogen and oxygen atoms in total. The summed E-state index contributed by atoms with van der Waals surface area (Å²) in [4.78, 5) is 16.2. The first kappa shape index (κ1) is 22.6. The summed E-state index contributed by atoms with van der Waals surface area (Å²) in [5, 5.41) is 2.78. The summed E-state index contributed by atoms with van der Waals surface area (Å²) in [6.07, 6.45) is 1.32. The zero-order valence-electron chi connectivity index (χ0n) is 18.2. The zero-order chi connectivity index (χ0) is 22.7. The second-order valence-electron chi connectivity index (χ2n) is 10.1. The fourth-order valence-electron chi connectivity index (χ4n) is 5.73. The number of carbonyl (C=O) groups is 1. The predicted molar refractivity (Wildman–Crippen MR) is 113 cm³/mol. The van der Waals surface area contributed by atoms with Crippen molar-refractivity contribution < 1.29 is 27.1 Å². The Balaban J connectivity index is 1.14. The Labute approximate surface area is 189 Å². The molecule has 5 rings (SSSR count). The molecule has 1 unspecified atom stereocenters. The van der Waals surface area contributed by atoms with Crippen LogP contribution in [0.2, 0.25) is 0 Å². The minimum absolute atomic E-state index is 0.0129. The summed E-state index contributed by atoms with van der Waals surface area (Å²) in [5.74, 6) is -3.98. The fourth-order valence-corrected chi connectivity index (χ4v) is 7.12. The van der Waals surface area contributed by atoms with E-state index in [1.165, 1.54) is 16.9 Å². The number of amides is 1. The minimum atomic E-state index is -2.81. The van der Waals surface area contributed by atoms with Crippen LogP contribution in [0, 0.1) is 11.8 Å². The maximum atomic E-state index is 13.0. The van der Waals surface area contributed by atoms with Gasteiger partial charge in [0.05, 0.1) is 6.61 Å². The summed E-state index contributed by atoms with van der Waals surface area (Å²) < 4.78 is 58.1. The molecule has 32 heavy (non-hydrogen) atoms. The predicted octanol–water partition coefficient (Wildman–Crippen LogP) is 4.36. The number of alkyl halides is 4. The van der Waals surface area contributed by atoms with Gasteiger partial charge < -0.3 is 15.0 Å². The maximum absolute atomic E-state index is 13.0. The van der Waals surface area contributed by atoms with Gasteiger partial charge in [-0.05, 0) is 56.6 Å².